The van der Waals surface area contributed by atoms with Gasteiger partial charge in [-0.05, 0) is 52.3 Å². The molecule has 1 amide bonds. The molecule has 0 unspecified atom stereocenters. The number of carboxylic acid groups (broad SMARTS) is 1. The number of anilines is 1. The summed E-state index contributed by atoms with van der Waals surface area (Å²) in [6.45, 7) is 0. The third-order valence-corrected chi connectivity index (χ3v) is 4.04. The molecule has 7 heteroatoms. The molecule has 2 N–H and O–H groups in total. The smallest absolute Gasteiger partial charge is 0.335 e. The maximum Gasteiger partial charge on any atom is 0.335 e. The minimum absolute atomic E-state index is 0.120. The molecule has 0 aromatic heterocycles. The first kappa shape index (κ1) is 15.8. The zero-order valence-corrected chi connectivity index (χ0v) is 13.5. The van der Waals surface area contributed by atoms with Crippen LogP contribution in [-0.4, -0.2) is 17.0 Å². The van der Waals surface area contributed by atoms with Gasteiger partial charge in [0.05, 0.1) is 21.3 Å². The van der Waals surface area contributed by atoms with Gasteiger partial charge >= 0.3 is 5.97 Å². The van der Waals surface area contributed by atoms with Crippen LogP contribution in [0.25, 0.3) is 0 Å². The van der Waals surface area contributed by atoms with Gasteiger partial charge in [-0.2, -0.15) is 0 Å². The molecule has 0 fully saturated rings. The predicted molar refractivity (Wildman–Crippen MR) is 85.5 cm³/mol. The lowest BCUT2D eigenvalue weighted by molar-refractivity contribution is 0.0696. The number of halogens is 3. The Kier molecular flexibility index (Phi) is 4.88. The topological polar surface area (TPSA) is 66.4 Å². The van der Waals surface area contributed by atoms with E-state index in [-0.39, 0.29) is 16.5 Å². The molecule has 2 aromatic rings. The van der Waals surface area contributed by atoms with Crippen LogP contribution in [0, 0.1) is 0 Å². The molecule has 0 heterocycles. The van der Waals surface area contributed by atoms with E-state index in [1.165, 1.54) is 30.3 Å². The number of rotatable bonds is 3. The summed E-state index contributed by atoms with van der Waals surface area (Å²) in [5.74, 6) is -1.42. The van der Waals surface area contributed by atoms with Crippen molar-refractivity contribution in [1.82, 2.24) is 0 Å². The number of benzene rings is 2. The van der Waals surface area contributed by atoms with Gasteiger partial charge in [-0.1, -0.05) is 23.2 Å². The van der Waals surface area contributed by atoms with E-state index in [2.05, 4.69) is 21.2 Å². The van der Waals surface area contributed by atoms with E-state index < -0.39 is 5.97 Å². The maximum atomic E-state index is 12.1. The van der Waals surface area contributed by atoms with Gasteiger partial charge < -0.3 is 10.4 Å². The van der Waals surface area contributed by atoms with Gasteiger partial charge in [0.1, 0.15) is 0 Å². The Morgan fingerprint density at radius 2 is 1.67 bits per heavy atom. The highest BCUT2D eigenvalue weighted by Crippen LogP contribution is 2.26. The van der Waals surface area contributed by atoms with Crippen LogP contribution in [-0.2, 0) is 0 Å². The van der Waals surface area contributed by atoms with E-state index in [0.29, 0.717) is 20.7 Å². The zero-order chi connectivity index (χ0) is 15.6. The fourth-order valence-corrected chi connectivity index (χ4v) is 2.36. The van der Waals surface area contributed by atoms with E-state index in [0.717, 1.165) is 0 Å². The Morgan fingerprint density at radius 1 is 1.00 bits per heavy atom. The van der Waals surface area contributed by atoms with Crippen molar-refractivity contribution in [3.05, 3.63) is 62.0 Å². The maximum absolute atomic E-state index is 12.1. The second-order valence-corrected chi connectivity index (χ2v) is 5.75. The van der Waals surface area contributed by atoms with Crippen LogP contribution in [0.4, 0.5) is 5.69 Å². The lowest BCUT2D eigenvalue weighted by atomic mass is 10.2. The van der Waals surface area contributed by atoms with Crippen LogP contribution >= 0.6 is 39.1 Å². The number of carbonyl (C=O) groups is 2. The summed E-state index contributed by atoms with van der Waals surface area (Å²) < 4.78 is 0.468. The van der Waals surface area contributed by atoms with Crippen LogP contribution in [0.15, 0.2) is 40.9 Å². The molecule has 2 rings (SSSR count). The average Bonchev–Trinajstić information content (AvgIpc) is 2.43. The molecule has 0 saturated carbocycles. The molecule has 2 aromatic carbocycles. The molecule has 0 spiro atoms. The molecule has 21 heavy (non-hydrogen) atoms. The van der Waals surface area contributed by atoms with Crippen molar-refractivity contribution < 1.29 is 14.7 Å². The van der Waals surface area contributed by atoms with E-state index in [9.17, 15) is 9.59 Å². The first-order valence-electron chi connectivity index (χ1n) is 5.67. The molecule has 4 nitrogen and oxygen atoms in total. The molecular formula is C14H8BrCl2NO3. The highest BCUT2D eigenvalue weighted by Gasteiger charge is 2.12. The zero-order valence-electron chi connectivity index (χ0n) is 10.4. The number of carbonyl (C=O) groups excluding carboxylic acids is 1. The van der Waals surface area contributed by atoms with Crippen molar-refractivity contribution in [3.63, 3.8) is 0 Å². The Balaban J connectivity index is 2.23. The summed E-state index contributed by atoms with van der Waals surface area (Å²) in [6, 6.07) is 8.84. The standard InChI is InChI=1S/C14H8BrCl2NO3/c15-9-5-8(14(20)21)2-4-12(9)18-13(19)7-1-3-10(16)11(17)6-7/h1-6H,(H,18,19)(H,20,21). The largest absolute Gasteiger partial charge is 0.478 e. The Hall–Kier alpha value is -1.56. The number of nitrogens with one attached hydrogen (secondary N) is 1. The van der Waals surface area contributed by atoms with Crippen LogP contribution in [0.2, 0.25) is 10.0 Å². The number of carboxylic acids is 1. The fourth-order valence-electron chi connectivity index (χ4n) is 1.58. The van der Waals surface area contributed by atoms with E-state index in [4.69, 9.17) is 28.3 Å². The quantitative estimate of drug-likeness (QED) is 0.800. The number of hydrogen-bond donors (Lipinski definition) is 2. The number of amides is 1. The highest BCUT2D eigenvalue weighted by atomic mass is 79.9. The summed E-state index contributed by atoms with van der Waals surface area (Å²) in [4.78, 5) is 22.9. The second-order valence-electron chi connectivity index (χ2n) is 4.08. The van der Waals surface area contributed by atoms with Crippen molar-refractivity contribution in [3.8, 4) is 0 Å². The third kappa shape index (κ3) is 3.75. The SMILES string of the molecule is O=C(O)c1ccc(NC(=O)c2ccc(Cl)c(Cl)c2)c(Br)c1. The van der Waals surface area contributed by atoms with Crippen LogP contribution in [0.3, 0.4) is 0 Å². The summed E-state index contributed by atoms with van der Waals surface area (Å²) in [5.41, 5.74) is 0.920. The first-order chi connectivity index (χ1) is 9.88. The van der Waals surface area contributed by atoms with E-state index in [1.807, 2.05) is 0 Å². The second kappa shape index (κ2) is 6.47. The van der Waals surface area contributed by atoms with Crippen molar-refractivity contribution in [2.45, 2.75) is 0 Å². The van der Waals surface area contributed by atoms with Crippen molar-refractivity contribution in [2.75, 3.05) is 5.32 Å². The molecule has 108 valence electrons. The van der Waals surface area contributed by atoms with Crippen molar-refractivity contribution >= 4 is 56.7 Å². The summed E-state index contributed by atoms with van der Waals surface area (Å²) in [6.07, 6.45) is 0. The lowest BCUT2D eigenvalue weighted by Crippen LogP contribution is -2.12. The molecule has 0 bridgehead atoms. The molecule has 0 saturated heterocycles. The van der Waals surface area contributed by atoms with E-state index in [1.54, 1.807) is 6.07 Å². The predicted octanol–water partition coefficient (Wildman–Crippen LogP) is 4.71. The number of aromatic carboxylic acids is 1. The Morgan fingerprint density at radius 3 is 2.24 bits per heavy atom. The summed E-state index contributed by atoms with van der Waals surface area (Å²) in [7, 11) is 0. The average molecular weight is 389 g/mol. The van der Waals surface area contributed by atoms with Crippen LogP contribution in [0.5, 0.6) is 0 Å². The third-order valence-electron chi connectivity index (χ3n) is 2.65. The first-order valence-corrected chi connectivity index (χ1v) is 7.22. The minimum Gasteiger partial charge on any atom is -0.478 e. The van der Waals surface area contributed by atoms with Gasteiger partial charge in [0.15, 0.2) is 0 Å². The molecule has 0 atom stereocenters. The van der Waals surface area contributed by atoms with Crippen molar-refractivity contribution in [1.29, 1.82) is 0 Å². The van der Waals surface area contributed by atoms with Crippen molar-refractivity contribution in [2.24, 2.45) is 0 Å². The monoisotopic (exact) mass is 387 g/mol. The van der Waals surface area contributed by atoms with Gasteiger partial charge in [-0.15, -0.1) is 0 Å². The summed E-state index contributed by atoms with van der Waals surface area (Å²) in [5, 5.41) is 12.2. The molecule has 0 aliphatic rings. The summed E-state index contributed by atoms with van der Waals surface area (Å²) >= 11 is 14.9. The van der Waals surface area contributed by atoms with Gasteiger partial charge in [0.2, 0.25) is 0 Å². The Labute approximate surface area is 138 Å². The molecular weight excluding hydrogens is 381 g/mol. The van der Waals surface area contributed by atoms with E-state index >= 15 is 0 Å². The minimum atomic E-state index is -1.04. The van der Waals surface area contributed by atoms with Gasteiger partial charge in [0.25, 0.3) is 5.91 Å². The number of hydrogen-bond acceptors (Lipinski definition) is 2. The van der Waals surface area contributed by atoms with Crippen LogP contribution < -0.4 is 5.32 Å². The Bertz CT molecular complexity index is 734. The fraction of sp³-hybridized carbons (Fsp3) is 0. The van der Waals surface area contributed by atoms with Gasteiger partial charge in [-0.3, -0.25) is 4.79 Å². The van der Waals surface area contributed by atoms with Crippen LogP contribution in [0.1, 0.15) is 20.7 Å². The molecule has 0 aliphatic carbocycles. The highest BCUT2D eigenvalue weighted by molar-refractivity contribution is 9.10. The molecule has 0 aliphatic heterocycles. The lowest BCUT2D eigenvalue weighted by Gasteiger charge is -2.08. The van der Waals surface area contributed by atoms with Gasteiger partial charge in [-0.25, -0.2) is 4.79 Å². The normalized spacial score (nSPS) is 10.2. The molecule has 0 radical (unpaired) electrons. The van der Waals surface area contributed by atoms with Gasteiger partial charge in [0, 0.05) is 10.0 Å².